The van der Waals surface area contributed by atoms with Gasteiger partial charge >= 0.3 is 23.9 Å². The molecule has 4 bridgehead atoms. The first kappa shape index (κ1) is 46.2. The molecule has 0 aromatic heterocycles. The van der Waals surface area contributed by atoms with Gasteiger partial charge in [0.25, 0.3) is 0 Å². The van der Waals surface area contributed by atoms with E-state index < -0.39 is 84.6 Å². The number of hydrogen-bond acceptors (Lipinski definition) is 15. The molecule has 0 aromatic rings. The Labute approximate surface area is 324 Å². The number of carbonyl (C=O) groups excluding carboxylic acids is 4. The first-order valence-corrected chi connectivity index (χ1v) is 19.4. The fourth-order valence-electron chi connectivity index (χ4n) is 6.74. The predicted octanol–water partition coefficient (Wildman–Crippen LogP) is 3.89. The lowest BCUT2D eigenvalue weighted by Gasteiger charge is -2.51. The van der Waals surface area contributed by atoms with Crippen LogP contribution in [0, 0.1) is 5.41 Å². The quantitative estimate of drug-likeness (QED) is 0.0798. The van der Waals surface area contributed by atoms with E-state index >= 15 is 0 Å². The molecule has 3 heterocycles. The Morgan fingerprint density at radius 2 is 1.73 bits per heavy atom. The molecule has 2 saturated heterocycles. The normalized spacial score (nSPS) is 32.0. The first-order chi connectivity index (χ1) is 26.2. The highest BCUT2D eigenvalue weighted by atomic mass is 16.7. The number of cyclic esters (lactones) is 1. The van der Waals surface area contributed by atoms with Gasteiger partial charge in [-0.1, -0.05) is 65.2 Å². The van der Waals surface area contributed by atoms with Gasteiger partial charge in [0, 0.05) is 44.0 Å². The molecule has 3 aliphatic rings. The van der Waals surface area contributed by atoms with Crippen LogP contribution in [0.5, 0.6) is 0 Å². The predicted molar refractivity (Wildman–Crippen MR) is 197 cm³/mol. The summed E-state index contributed by atoms with van der Waals surface area (Å²) >= 11 is 0. The molecule has 2 fully saturated rings. The van der Waals surface area contributed by atoms with Crippen LogP contribution >= 0.6 is 0 Å². The standard InChI is InChI=1S/C40H62O15/c1-6-8-9-10-11-12-33(43)54-38-27(21-34(44)48-5)20-31-24-32(26-41)51-36(46)22-28(42)14-18-49-19-15-29-23-30(25-35(45)50-17-7-2)53-37(52-29)13-16-39(3,4)40(38,47)55-31/h7,13,16,21,28-32,37-38,41-42,47H,2,6,8-12,14-15,17-20,22-26H2,1,3-5H3/b16-13+,27-21+/t28-,29?,30?,31+,32?,37-,38+,40-/m1/s1. The summed E-state index contributed by atoms with van der Waals surface area (Å²) in [5.41, 5.74) is -1.22. The molecule has 0 aromatic carbocycles. The fraction of sp³-hybridized carbons (Fsp3) is 0.750. The van der Waals surface area contributed by atoms with Gasteiger partial charge in [0.05, 0.1) is 51.0 Å². The Bertz CT molecular complexity index is 1310. The van der Waals surface area contributed by atoms with Gasteiger partial charge < -0.3 is 53.2 Å². The Morgan fingerprint density at radius 1 is 1.00 bits per heavy atom. The number of fused-ring (bicyclic) bond motifs is 4. The van der Waals surface area contributed by atoms with E-state index in [1.54, 1.807) is 26.0 Å². The van der Waals surface area contributed by atoms with Gasteiger partial charge in [-0.05, 0) is 37.3 Å². The maximum Gasteiger partial charge on any atom is 0.330 e. The molecule has 8 atom stereocenters. The number of unbranched alkanes of at least 4 members (excludes halogenated alkanes) is 4. The van der Waals surface area contributed by atoms with Crippen molar-refractivity contribution >= 4 is 23.9 Å². The lowest BCUT2D eigenvalue weighted by molar-refractivity contribution is -0.327. The molecular weight excluding hydrogens is 720 g/mol. The maximum atomic E-state index is 13.3. The lowest BCUT2D eigenvalue weighted by Crippen LogP contribution is -2.62. The second-order valence-corrected chi connectivity index (χ2v) is 14.9. The number of hydrogen-bond donors (Lipinski definition) is 3. The minimum Gasteiger partial charge on any atom is -0.466 e. The molecule has 3 unspecified atom stereocenters. The fourth-order valence-corrected chi connectivity index (χ4v) is 6.74. The molecule has 3 N–H and O–H groups in total. The topological polar surface area (TPSA) is 203 Å². The lowest BCUT2D eigenvalue weighted by atomic mass is 9.74. The SMILES string of the molecule is C=CCOC(=O)CC1CC2CCOCC[C@@H](O)CC(=O)OC(CO)C[C@@H]3C/C(=C\C(=O)OC)[C@H](OC(=O)CCCCCCC)[C@@](O)(O3)C(C)(C)/C=C/[C@H](O2)O1. The molecule has 15 heteroatoms. The molecular formula is C40H62O15. The van der Waals surface area contributed by atoms with Crippen LogP contribution in [0.25, 0.3) is 0 Å². The van der Waals surface area contributed by atoms with Gasteiger partial charge in [-0.3, -0.25) is 14.4 Å². The maximum absolute atomic E-state index is 13.3. The molecule has 55 heavy (non-hydrogen) atoms. The van der Waals surface area contributed by atoms with E-state index in [9.17, 15) is 34.5 Å². The molecule has 312 valence electrons. The number of aliphatic hydroxyl groups is 3. The highest BCUT2D eigenvalue weighted by molar-refractivity contribution is 5.83. The highest BCUT2D eigenvalue weighted by Gasteiger charge is 2.57. The van der Waals surface area contributed by atoms with Crippen molar-refractivity contribution in [1.29, 1.82) is 0 Å². The van der Waals surface area contributed by atoms with E-state index in [-0.39, 0.29) is 63.9 Å². The summed E-state index contributed by atoms with van der Waals surface area (Å²) < 4.78 is 46.1. The average molecular weight is 783 g/mol. The van der Waals surface area contributed by atoms with Crippen molar-refractivity contribution in [3.63, 3.8) is 0 Å². The van der Waals surface area contributed by atoms with Gasteiger partial charge in [-0.2, -0.15) is 0 Å². The van der Waals surface area contributed by atoms with Crippen LogP contribution in [0.15, 0.2) is 36.5 Å². The number of esters is 4. The molecule has 0 spiro atoms. The molecule has 3 aliphatic heterocycles. The third-order valence-electron chi connectivity index (χ3n) is 9.88. The minimum atomic E-state index is -2.35. The summed E-state index contributed by atoms with van der Waals surface area (Å²) in [4.78, 5) is 51.4. The van der Waals surface area contributed by atoms with Crippen LogP contribution in [0.2, 0.25) is 0 Å². The van der Waals surface area contributed by atoms with Crippen molar-refractivity contribution in [1.82, 2.24) is 0 Å². The van der Waals surface area contributed by atoms with E-state index in [1.165, 1.54) is 13.2 Å². The molecule has 0 aliphatic carbocycles. The van der Waals surface area contributed by atoms with Gasteiger partial charge in [0.15, 0.2) is 12.4 Å². The van der Waals surface area contributed by atoms with Crippen LogP contribution in [-0.4, -0.2) is 121 Å². The monoisotopic (exact) mass is 782 g/mol. The number of rotatable bonds is 13. The Morgan fingerprint density at radius 3 is 2.44 bits per heavy atom. The second kappa shape index (κ2) is 23.1. The number of aliphatic hydroxyl groups excluding tert-OH is 2. The van der Waals surface area contributed by atoms with Crippen LogP contribution in [0.3, 0.4) is 0 Å². The van der Waals surface area contributed by atoms with Crippen molar-refractivity contribution in [3.05, 3.63) is 36.5 Å². The summed E-state index contributed by atoms with van der Waals surface area (Å²) in [5.74, 6) is -4.94. The van der Waals surface area contributed by atoms with Crippen LogP contribution < -0.4 is 0 Å². The third kappa shape index (κ3) is 15.0. The largest absolute Gasteiger partial charge is 0.466 e. The van der Waals surface area contributed by atoms with Crippen LogP contribution in [-0.2, 0) is 57.1 Å². The molecule has 0 radical (unpaired) electrons. The number of carbonyl (C=O) groups is 4. The molecule has 0 saturated carbocycles. The molecule has 3 rings (SSSR count). The summed E-state index contributed by atoms with van der Waals surface area (Å²) in [6.07, 6.45) is 3.96. The third-order valence-corrected chi connectivity index (χ3v) is 9.88. The Hall–Kier alpha value is -3.18. The molecule has 15 nitrogen and oxygen atoms in total. The van der Waals surface area contributed by atoms with Crippen molar-refractivity contribution in [3.8, 4) is 0 Å². The molecule has 0 amide bonds. The average Bonchev–Trinajstić information content (AvgIpc) is 3.13. The zero-order chi connectivity index (χ0) is 40.4. The summed E-state index contributed by atoms with van der Waals surface area (Å²) in [6, 6.07) is 0. The van der Waals surface area contributed by atoms with Crippen LogP contribution in [0.1, 0.15) is 104 Å². The Balaban J connectivity index is 2.04. The van der Waals surface area contributed by atoms with E-state index in [0.29, 0.717) is 19.3 Å². The highest BCUT2D eigenvalue weighted by Crippen LogP contribution is 2.47. The van der Waals surface area contributed by atoms with Crippen molar-refractivity contribution < 1.29 is 72.4 Å². The summed E-state index contributed by atoms with van der Waals surface area (Å²) in [7, 11) is 1.19. The second-order valence-electron chi connectivity index (χ2n) is 14.9. The van der Waals surface area contributed by atoms with Crippen LogP contribution in [0.4, 0.5) is 0 Å². The first-order valence-electron chi connectivity index (χ1n) is 19.4. The van der Waals surface area contributed by atoms with E-state index in [1.807, 2.05) is 0 Å². The van der Waals surface area contributed by atoms with Gasteiger partial charge in [-0.15, -0.1) is 0 Å². The summed E-state index contributed by atoms with van der Waals surface area (Å²) in [6.45, 7) is 8.80. The van der Waals surface area contributed by atoms with Gasteiger partial charge in [0.2, 0.25) is 5.79 Å². The van der Waals surface area contributed by atoms with Gasteiger partial charge in [0.1, 0.15) is 12.7 Å². The van der Waals surface area contributed by atoms with E-state index in [0.717, 1.165) is 31.8 Å². The Kier molecular flexibility index (Phi) is 19.4. The van der Waals surface area contributed by atoms with E-state index in [4.69, 9.17) is 37.9 Å². The smallest absolute Gasteiger partial charge is 0.330 e. The zero-order valence-electron chi connectivity index (χ0n) is 32.8. The summed E-state index contributed by atoms with van der Waals surface area (Å²) in [5, 5.41) is 33.4. The van der Waals surface area contributed by atoms with E-state index in [2.05, 4.69) is 13.5 Å². The number of methoxy groups -OCH3 is 1. The van der Waals surface area contributed by atoms with Gasteiger partial charge in [-0.25, -0.2) is 4.79 Å². The van der Waals surface area contributed by atoms with Crippen molar-refractivity contribution in [2.45, 2.75) is 153 Å². The van der Waals surface area contributed by atoms with Crippen molar-refractivity contribution in [2.24, 2.45) is 5.41 Å². The minimum absolute atomic E-state index is 0.0516. The zero-order valence-corrected chi connectivity index (χ0v) is 32.8. The van der Waals surface area contributed by atoms with Crippen molar-refractivity contribution in [2.75, 3.05) is 33.5 Å². The number of ether oxygens (including phenoxy) is 8.